The van der Waals surface area contributed by atoms with E-state index in [0.29, 0.717) is 0 Å². The second-order valence-electron chi connectivity index (χ2n) is 3.55. The molecule has 2 rings (SSSR count). The largest absolute Gasteiger partial charge is 0.324 e. The first-order valence-electron chi connectivity index (χ1n) is 4.42. The molecule has 12 heavy (non-hydrogen) atoms. The van der Waals surface area contributed by atoms with Crippen molar-refractivity contribution in [2.45, 2.75) is 20.0 Å². The van der Waals surface area contributed by atoms with Crippen molar-refractivity contribution in [3.63, 3.8) is 0 Å². The number of hydrogen-bond donors (Lipinski definition) is 0. The topological polar surface area (TPSA) is 15.2 Å². The fourth-order valence-corrected chi connectivity index (χ4v) is 5.04. The van der Waals surface area contributed by atoms with E-state index in [9.17, 15) is 0 Å². The van der Waals surface area contributed by atoms with E-state index >= 15 is 0 Å². The molecule has 0 unspecified atom stereocenters. The molecule has 0 aromatic rings. The molecule has 0 aromatic carbocycles. The Balaban J connectivity index is 2.04. The van der Waals surface area contributed by atoms with Crippen LogP contribution in [0, 0.1) is 0 Å². The zero-order chi connectivity index (χ0) is 8.77. The van der Waals surface area contributed by atoms with Gasteiger partial charge in [-0.25, -0.2) is 9.34 Å². The fourth-order valence-electron chi connectivity index (χ4n) is 1.18. The molecule has 0 saturated carbocycles. The maximum Gasteiger partial charge on any atom is 0.203 e. The Kier molecular flexibility index (Phi) is 2.30. The van der Waals surface area contributed by atoms with E-state index < -0.39 is 6.57 Å². The Morgan fingerprint density at radius 3 is 1.83 bits per heavy atom. The van der Waals surface area contributed by atoms with Crippen LogP contribution in [0.25, 0.3) is 0 Å². The van der Waals surface area contributed by atoms with Gasteiger partial charge in [-0.3, -0.25) is 0 Å². The minimum atomic E-state index is -1.70. The van der Waals surface area contributed by atoms with E-state index in [1.165, 1.54) is 0 Å². The summed E-state index contributed by atoms with van der Waals surface area (Å²) in [4.78, 5) is 0. The van der Waals surface area contributed by atoms with Gasteiger partial charge in [0.05, 0.1) is 6.10 Å². The van der Waals surface area contributed by atoms with Crippen molar-refractivity contribution in [1.29, 1.82) is 0 Å². The van der Waals surface area contributed by atoms with Crippen LogP contribution in [-0.4, -0.2) is 41.6 Å². The SMILES string of the molecule is CC(C)OP(=S)(N1CC1)N1CC1. The van der Waals surface area contributed by atoms with Gasteiger partial charge >= 0.3 is 0 Å². The molecule has 0 N–H and O–H groups in total. The van der Waals surface area contributed by atoms with Crippen LogP contribution in [0.1, 0.15) is 13.8 Å². The van der Waals surface area contributed by atoms with Crippen molar-refractivity contribution in [1.82, 2.24) is 9.34 Å². The highest BCUT2D eigenvalue weighted by molar-refractivity contribution is 8.10. The molecule has 2 saturated heterocycles. The lowest BCUT2D eigenvalue weighted by atomic mass is 10.5. The van der Waals surface area contributed by atoms with E-state index in [0.717, 1.165) is 26.2 Å². The van der Waals surface area contributed by atoms with Gasteiger partial charge in [-0.15, -0.1) is 0 Å². The highest BCUT2D eigenvalue weighted by atomic mass is 32.5. The van der Waals surface area contributed by atoms with Gasteiger partial charge in [-0.2, -0.15) is 0 Å². The lowest BCUT2D eigenvalue weighted by Crippen LogP contribution is -2.11. The molecule has 0 atom stereocenters. The van der Waals surface area contributed by atoms with Crippen molar-refractivity contribution >= 4 is 18.4 Å². The third-order valence-electron chi connectivity index (χ3n) is 1.91. The summed E-state index contributed by atoms with van der Waals surface area (Å²) in [7, 11) is 0. The molecular weight excluding hydrogens is 191 g/mol. The van der Waals surface area contributed by atoms with E-state index in [2.05, 4.69) is 23.2 Å². The normalized spacial score (nSPS) is 24.9. The molecule has 2 aliphatic rings. The zero-order valence-electron chi connectivity index (χ0n) is 7.56. The number of nitrogens with zero attached hydrogens (tertiary/aromatic N) is 2. The quantitative estimate of drug-likeness (QED) is 0.508. The van der Waals surface area contributed by atoms with Crippen LogP contribution < -0.4 is 0 Å². The minimum Gasteiger partial charge on any atom is -0.324 e. The van der Waals surface area contributed by atoms with Gasteiger partial charge in [0.25, 0.3) is 0 Å². The summed E-state index contributed by atoms with van der Waals surface area (Å²) in [6.07, 6.45) is 0.261. The van der Waals surface area contributed by atoms with Crippen LogP contribution in [0.15, 0.2) is 0 Å². The Hall–Kier alpha value is 0.530. The predicted molar refractivity (Wildman–Crippen MR) is 53.7 cm³/mol. The van der Waals surface area contributed by atoms with Gasteiger partial charge in [0.1, 0.15) is 0 Å². The Morgan fingerprint density at radius 1 is 1.17 bits per heavy atom. The molecule has 0 aromatic heterocycles. The van der Waals surface area contributed by atoms with Crippen LogP contribution in [0.2, 0.25) is 0 Å². The zero-order valence-corrected chi connectivity index (χ0v) is 9.27. The third kappa shape index (κ3) is 1.73. The number of hydrogen-bond acceptors (Lipinski definition) is 2. The van der Waals surface area contributed by atoms with Gasteiger partial charge in [0, 0.05) is 26.2 Å². The highest BCUT2D eigenvalue weighted by Crippen LogP contribution is 2.61. The van der Waals surface area contributed by atoms with Gasteiger partial charge in [-0.05, 0) is 25.7 Å². The van der Waals surface area contributed by atoms with Crippen LogP contribution in [0.4, 0.5) is 0 Å². The average Bonchev–Trinajstić information content (AvgIpc) is 2.82. The summed E-state index contributed by atoms with van der Waals surface area (Å²) in [5.74, 6) is 0. The highest BCUT2D eigenvalue weighted by Gasteiger charge is 2.45. The Bertz CT molecular complexity index is 209. The second-order valence-corrected chi connectivity index (χ2v) is 7.30. The molecule has 0 amide bonds. The van der Waals surface area contributed by atoms with Gasteiger partial charge in [0.15, 0.2) is 0 Å². The minimum absolute atomic E-state index is 0.261. The predicted octanol–water partition coefficient (Wildman–Crippen LogP) is 1.27. The fraction of sp³-hybridized carbons (Fsp3) is 1.00. The molecule has 2 aliphatic heterocycles. The summed E-state index contributed by atoms with van der Waals surface area (Å²) in [6, 6.07) is 0. The molecule has 3 nitrogen and oxygen atoms in total. The molecule has 2 heterocycles. The molecule has 5 heteroatoms. The molecule has 0 aliphatic carbocycles. The Morgan fingerprint density at radius 2 is 1.58 bits per heavy atom. The third-order valence-corrected chi connectivity index (χ3v) is 6.48. The maximum atomic E-state index is 5.86. The van der Waals surface area contributed by atoms with Crippen LogP contribution >= 0.6 is 6.57 Å². The molecule has 0 spiro atoms. The van der Waals surface area contributed by atoms with E-state index in [4.69, 9.17) is 16.3 Å². The first-order valence-corrected chi connectivity index (χ1v) is 7.05. The maximum absolute atomic E-state index is 5.86. The van der Waals surface area contributed by atoms with Gasteiger partial charge < -0.3 is 4.52 Å². The summed E-state index contributed by atoms with van der Waals surface area (Å²) >= 11 is 5.59. The van der Waals surface area contributed by atoms with Crippen LogP contribution in [-0.2, 0) is 16.3 Å². The first kappa shape index (κ1) is 9.10. The van der Waals surface area contributed by atoms with Crippen molar-refractivity contribution in [2.24, 2.45) is 0 Å². The van der Waals surface area contributed by atoms with Crippen molar-refractivity contribution in [3.8, 4) is 0 Å². The molecule has 0 bridgehead atoms. The monoisotopic (exact) mass is 206 g/mol. The lowest BCUT2D eigenvalue weighted by Gasteiger charge is -2.26. The van der Waals surface area contributed by atoms with E-state index in [1.54, 1.807) is 0 Å². The lowest BCUT2D eigenvalue weighted by molar-refractivity contribution is 0.246. The van der Waals surface area contributed by atoms with E-state index in [1.807, 2.05) is 0 Å². The molecular formula is C7H15N2OPS. The van der Waals surface area contributed by atoms with Crippen molar-refractivity contribution < 1.29 is 4.52 Å². The number of rotatable bonds is 4. The van der Waals surface area contributed by atoms with Gasteiger partial charge in [0.2, 0.25) is 6.57 Å². The van der Waals surface area contributed by atoms with Gasteiger partial charge in [-0.1, -0.05) is 0 Å². The van der Waals surface area contributed by atoms with Crippen LogP contribution in [0.5, 0.6) is 0 Å². The second kappa shape index (κ2) is 3.03. The summed E-state index contributed by atoms with van der Waals surface area (Å²) in [6.45, 7) is 6.99. The van der Waals surface area contributed by atoms with Crippen molar-refractivity contribution in [3.05, 3.63) is 0 Å². The molecule has 0 radical (unpaired) electrons. The molecule has 70 valence electrons. The van der Waals surface area contributed by atoms with Crippen LogP contribution in [0.3, 0.4) is 0 Å². The summed E-state index contributed by atoms with van der Waals surface area (Å²) < 4.78 is 10.5. The van der Waals surface area contributed by atoms with E-state index in [-0.39, 0.29) is 6.10 Å². The smallest absolute Gasteiger partial charge is 0.203 e. The summed E-state index contributed by atoms with van der Waals surface area (Å²) in [5, 5.41) is 0. The van der Waals surface area contributed by atoms with Crippen molar-refractivity contribution in [2.75, 3.05) is 26.2 Å². The standard InChI is InChI=1S/C7H15N2OPS/c1-7(2)10-11(12,8-3-4-8)9-5-6-9/h7H,3-6H2,1-2H3. The first-order chi connectivity index (χ1) is 5.63. The Labute approximate surface area is 78.9 Å². The molecule has 2 fully saturated rings. The summed E-state index contributed by atoms with van der Waals surface area (Å²) in [5.41, 5.74) is 0. The average molecular weight is 206 g/mol.